The van der Waals surface area contributed by atoms with E-state index in [0.29, 0.717) is 18.3 Å². The summed E-state index contributed by atoms with van der Waals surface area (Å²) in [5.74, 6) is 1.25. The summed E-state index contributed by atoms with van der Waals surface area (Å²) >= 11 is 0. The predicted molar refractivity (Wildman–Crippen MR) is 71.9 cm³/mol. The standard InChI is InChI=1S/C13H18N4O/c1-9-5-6-11(7-12(9)17(3)4)14-8-13-15-10(2)18-16-13/h5-7,14H,8H2,1-4H3. The number of aryl methyl sites for hydroxylation is 2. The maximum absolute atomic E-state index is 4.92. The van der Waals surface area contributed by atoms with Crippen LogP contribution in [0.3, 0.4) is 0 Å². The molecular formula is C13H18N4O. The first-order chi connectivity index (χ1) is 8.56. The van der Waals surface area contributed by atoms with E-state index in [2.05, 4.69) is 45.5 Å². The summed E-state index contributed by atoms with van der Waals surface area (Å²) in [6, 6.07) is 6.26. The van der Waals surface area contributed by atoms with Crippen molar-refractivity contribution < 1.29 is 4.52 Å². The molecule has 1 N–H and O–H groups in total. The molecule has 5 heteroatoms. The van der Waals surface area contributed by atoms with Gasteiger partial charge in [0.1, 0.15) is 0 Å². The van der Waals surface area contributed by atoms with Gasteiger partial charge in [0.25, 0.3) is 0 Å². The normalized spacial score (nSPS) is 10.4. The van der Waals surface area contributed by atoms with Gasteiger partial charge in [0.2, 0.25) is 5.89 Å². The minimum Gasteiger partial charge on any atom is -0.378 e. The van der Waals surface area contributed by atoms with Crippen molar-refractivity contribution in [3.05, 3.63) is 35.5 Å². The molecule has 2 aromatic rings. The van der Waals surface area contributed by atoms with Crippen LogP contribution in [0.5, 0.6) is 0 Å². The Balaban J connectivity index is 2.08. The summed E-state index contributed by atoms with van der Waals surface area (Å²) < 4.78 is 4.92. The molecule has 1 aromatic carbocycles. The minimum absolute atomic E-state index is 0.563. The number of nitrogens with one attached hydrogen (secondary N) is 1. The molecule has 0 bridgehead atoms. The molecule has 5 nitrogen and oxygen atoms in total. The lowest BCUT2D eigenvalue weighted by Crippen LogP contribution is -2.11. The Labute approximate surface area is 107 Å². The number of hydrogen-bond donors (Lipinski definition) is 1. The topological polar surface area (TPSA) is 54.2 Å². The monoisotopic (exact) mass is 246 g/mol. The van der Waals surface area contributed by atoms with Crippen molar-refractivity contribution in [2.75, 3.05) is 24.3 Å². The first-order valence-electron chi connectivity index (χ1n) is 5.87. The number of aromatic nitrogens is 2. The summed E-state index contributed by atoms with van der Waals surface area (Å²) in [7, 11) is 4.07. The lowest BCUT2D eigenvalue weighted by atomic mass is 10.1. The number of rotatable bonds is 4. The van der Waals surface area contributed by atoms with Crippen molar-refractivity contribution in [3.63, 3.8) is 0 Å². The zero-order valence-electron chi connectivity index (χ0n) is 11.2. The third-order valence-electron chi connectivity index (χ3n) is 2.71. The van der Waals surface area contributed by atoms with Gasteiger partial charge in [-0.1, -0.05) is 11.2 Å². The average molecular weight is 246 g/mol. The van der Waals surface area contributed by atoms with Crippen LogP contribution < -0.4 is 10.2 Å². The highest BCUT2D eigenvalue weighted by Crippen LogP contribution is 2.22. The van der Waals surface area contributed by atoms with E-state index in [1.165, 1.54) is 11.3 Å². The highest BCUT2D eigenvalue weighted by Gasteiger charge is 2.04. The molecule has 18 heavy (non-hydrogen) atoms. The molecular weight excluding hydrogens is 228 g/mol. The quantitative estimate of drug-likeness (QED) is 0.897. The molecule has 0 fully saturated rings. The maximum atomic E-state index is 4.92. The second-order valence-electron chi connectivity index (χ2n) is 4.48. The number of hydrogen-bond acceptors (Lipinski definition) is 5. The molecule has 0 radical (unpaired) electrons. The zero-order chi connectivity index (χ0) is 13.1. The fourth-order valence-electron chi connectivity index (χ4n) is 1.80. The Morgan fingerprint density at radius 1 is 1.28 bits per heavy atom. The molecule has 0 spiro atoms. The van der Waals surface area contributed by atoms with E-state index < -0.39 is 0 Å². The Kier molecular flexibility index (Phi) is 3.50. The molecule has 0 atom stereocenters. The van der Waals surface area contributed by atoms with Gasteiger partial charge < -0.3 is 14.7 Å². The SMILES string of the molecule is Cc1nc(CNc2ccc(C)c(N(C)C)c2)no1. The van der Waals surface area contributed by atoms with Crippen LogP contribution in [-0.4, -0.2) is 24.2 Å². The molecule has 0 saturated heterocycles. The van der Waals surface area contributed by atoms with Gasteiger partial charge in [0, 0.05) is 32.4 Å². The third kappa shape index (κ3) is 2.80. The van der Waals surface area contributed by atoms with Crippen LogP contribution in [0.1, 0.15) is 17.3 Å². The van der Waals surface area contributed by atoms with Gasteiger partial charge in [-0.05, 0) is 24.6 Å². The van der Waals surface area contributed by atoms with Crippen LogP contribution in [-0.2, 0) is 6.54 Å². The molecule has 1 heterocycles. The predicted octanol–water partition coefficient (Wildman–Crippen LogP) is 2.36. The summed E-state index contributed by atoms with van der Waals surface area (Å²) in [4.78, 5) is 6.25. The average Bonchev–Trinajstić information content (AvgIpc) is 2.74. The van der Waals surface area contributed by atoms with Crippen LogP contribution in [0.4, 0.5) is 11.4 Å². The van der Waals surface area contributed by atoms with Gasteiger partial charge in [0.05, 0.1) is 6.54 Å². The maximum Gasteiger partial charge on any atom is 0.223 e. The van der Waals surface area contributed by atoms with Crippen molar-refractivity contribution in [1.82, 2.24) is 10.1 Å². The van der Waals surface area contributed by atoms with Gasteiger partial charge in [-0.25, -0.2) is 0 Å². The number of benzene rings is 1. The van der Waals surface area contributed by atoms with Crippen molar-refractivity contribution in [1.29, 1.82) is 0 Å². The molecule has 0 aliphatic rings. The van der Waals surface area contributed by atoms with Crippen LogP contribution >= 0.6 is 0 Å². The Morgan fingerprint density at radius 3 is 2.67 bits per heavy atom. The van der Waals surface area contributed by atoms with Gasteiger partial charge in [-0.3, -0.25) is 0 Å². The van der Waals surface area contributed by atoms with E-state index in [-0.39, 0.29) is 0 Å². The van der Waals surface area contributed by atoms with E-state index in [1.54, 1.807) is 6.92 Å². The van der Waals surface area contributed by atoms with Crippen LogP contribution in [0, 0.1) is 13.8 Å². The van der Waals surface area contributed by atoms with Crippen molar-refractivity contribution in [2.45, 2.75) is 20.4 Å². The van der Waals surface area contributed by atoms with E-state index in [0.717, 1.165) is 5.69 Å². The molecule has 0 aliphatic heterocycles. The van der Waals surface area contributed by atoms with Gasteiger partial charge in [0.15, 0.2) is 5.82 Å². The van der Waals surface area contributed by atoms with E-state index >= 15 is 0 Å². The lowest BCUT2D eigenvalue weighted by molar-refractivity contribution is 0.388. The molecule has 2 rings (SSSR count). The smallest absolute Gasteiger partial charge is 0.223 e. The van der Waals surface area contributed by atoms with Crippen LogP contribution in [0.2, 0.25) is 0 Å². The Hall–Kier alpha value is -2.04. The van der Waals surface area contributed by atoms with Crippen molar-refractivity contribution in [2.24, 2.45) is 0 Å². The highest BCUT2D eigenvalue weighted by molar-refractivity contribution is 5.61. The largest absolute Gasteiger partial charge is 0.378 e. The van der Waals surface area contributed by atoms with Crippen LogP contribution in [0.25, 0.3) is 0 Å². The first kappa shape index (κ1) is 12.4. The van der Waals surface area contributed by atoms with E-state index in [4.69, 9.17) is 4.52 Å². The van der Waals surface area contributed by atoms with E-state index in [1.807, 2.05) is 14.1 Å². The fourth-order valence-corrected chi connectivity index (χ4v) is 1.80. The molecule has 0 aliphatic carbocycles. The Bertz CT molecular complexity index is 534. The summed E-state index contributed by atoms with van der Waals surface area (Å²) in [5.41, 5.74) is 3.50. The van der Waals surface area contributed by atoms with Crippen molar-refractivity contribution in [3.8, 4) is 0 Å². The first-order valence-corrected chi connectivity index (χ1v) is 5.87. The summed E-state index contributed by atoms with van der Waals surface area (Å²) in [6.07, 6.45) is 0. The van der Waals surface area contributed by atoms with Crippen LogP contribution in [0.15, 0.2) is 22.7 Å². The summed E-state index contributed by atoms with van der Waals surface area (Å²) in [5, 5.41) is 7.13. The number of nitrogens with zero attached hydrogens (tertiary/aromatic N) is 3. The van der Waals surface area contributed by atoms with Gasteiger partial charge in [-0.15, -0.1) is 0 Å². The number of anilines is 2. The molecule has 0 unspecified atom stereocenters. The third-order valence-corrected chi connectivity index (χ3v) is 2.71. The Morgan fingerprint density at radius 2 is 2.06 bits per heavy atom. The minimum atomic E-state index is 0.563. The lowest BCUT2D eigenvalue weighted by Gasteiger charge is -2.17. The zero-order valence-corrected chi connectivity index (χ0v) is 11.2. The highest BCUT2D eigenvalue weighted by atomic mass is 16.5. The van der Waals surface area contributed by atoms with E-state index in [9.17, 15) is 0 Å². The second-order valence-corrected chi connectivity index (χ2v) is 4.48. The second kappa shape index (κ2) is 5.08. The van der Waals surface area contributed by atoms with Crippen molar-refractivity contribution >= 4 is 11.4 Å². The molecule has 0 saturated carbocycles. The fraction of sp³-hybridized carbons (Fsp3) is 0.385. The summed E-state index contributed by atoms with van der Waals surface area (Å²) in [6.45, 7) is 4.45. The molecule has 0 amide bonds. The van der Waals surface area contributed by atoms with Gasteiger partial charge >= 0.3 is 0 Å². The van der Waals surface area contributed by atoms with Gasteiger partial charge in [-0.2, -0.15) is 4.98 Å². The molecule has 96 valence electrons. The molecule has 1 aromatic heterocycles.